The Morgan fingerprint density at radius 1 is 0.290 bits per heavy atom. The third kappa shape index (κ3) is 68.4. The Hall–Kier alpha value is -1.94. The van der Waals surface area contributed by atoms with Crippen molar-refractivity contribution in [2.75, 3.05) is 39.6 Å². The number of ether oxygens (including phenoxy) is 4. The zero-order chi connectivity index (χ0) is 68.7. The summed E-state index contributed by atoms with van der Waals surface area (Å²) in [6.07, 6.45) is 49.9. The second-order valence-electron chi connectivity index (χ2n) is 28.1. The van der Waals surface area contributed by atoms with Crippen molar-refractivity contribution in [2.45, 2.75) is 394 Å². The normalized spacial score (nSPS) is 14.1. The van der Waals surface area contributed by atoms with Crippen LogP contribution in [0.3, 0.4) is 0 Å². The summed E-state index contributed by atoms with van der Waals surface area (Å²) in [4.78, 5) is 72.7. The molecule has 0 heterocycles. The van der Waals surface area contributed by atoms with Gasteiger partial charge in [-0.1, -0.05) is 325 Å². The summed E-state index contributed by atoms with van der Waals surface area (Å²) in [7, 11) is -9.91. The van der Waals surface area contributed by atoms with Crippen molar-refractivity contribution in [3.63, 3.8) is 0 Å². The molecular weight excluding hydrogens is 1220 g/mol. The highest BCUT2D eigenvalue weighted by molar-refractivity contribution is 7.47. The summed E-state index contributed by atoms with van der Waals surface area (Å²) in [6, 6.07) is 0. The molecule has 552 valence electrons. The van der Waals surface area contributed by atoms with Crippen LogP contribution in [-0.2, 0) is 65.4 Å². The number of unbranched alkanes of at least 4 members (excludes halogenated alkanes) is 40. The molecule has 0 spiro atoms. The fourth-order valence-electron chi connectivity index (χ4n) is 11.2. The Bertz CT molecular complexity index is 1820. The average molecular weight is 1370 g/mol. The van der Waals surface area contributed by atoms with Crippen molar-refractivity contribution in [3.05, 3.63) is 0 Å². The standard InChI is InChI=1S/C74H144O17P2/c1-8-9-10-11-12-13-19-26-34-41-48-55-71(76)84-62-70(91-74(79)58-51-44-37-30-29-33-40-47-54-67(6)7)64-89-93(82,83)87-60-68(75)59-86-92(80,81)88-63-69(61-85-72(77)56-49-42-35-27-23-18-21-25-32-39-46-53-66(4)5)90-73(78)57-50-43-36-28-22-17-15-14-16-20-24-31-38-45-52-65(2)3/h65-70,75H,8-64H2,1-7H3,(H,80,81)(H,82,83)/t68-,69-,70-/m1/s1. The number of aliphatic hydroxyl groups is 1. The van der Waals surface area contributed by atoms with E-state index in [1.54, 1.807) is 0 Å². The number of rotatable bonds is 72. The highest BCUT2D eigenvalue weighted by Crippen LogP contribution is 2.45. The molecule has 0 rings (SSSR count). The van der Waals surface area contributed by atoms with E-state index in [4.69, 9.17) is 37.0 Å². The van der Waals surface area contributed by atoms with Crippen LogP contribution in [-0.4, -0.2) is 96.7 Å². The molecule has 5 atom stereocenters. The van der Waals surface area contributed by atoms with Gasteiger partial charge in [-0.3, -0.25) is 37.3 Å². The highest BCUT2D eigenvalue weighted by atomic mass is 31.2. The Labute approximate surface area is 568 Å². The number of carbonyl (C=O) groups excluding carboxylic acids is 4. The van der Waals surface area contributed by atoms with Crippen molar-refractivity contribution in [1.29, 1.82) is 0 Å². The summed E-state index contributed by atoms with van der Waals surface area (Å²) < 4.78 is 68.4. The molecular formula is C74H144O17P2. The van der Waals surface area contributed by atoms with Crippen LogP contribution < -0.4 is 0 Å². The minimum Gasteiger partial charge on any atom is -0.462 e. The van der Waals surface area contributed by atoms with Crippen LogP contribution in [0.2, 0.25) is 0 Å². The van der Waals surface area contributed by atoms with Crippen molar-refractivity contribution in [1.82, 2.24) is 0 Å². The maximum atomic E-state index is 13.1. The van der Waals surface area contributed by atoms with Gasteiger partial charge >= 0.3 is 39.5 Å². The van der Waals surface area contributed by atoms with Gasteiger partial charge in [0, 0.05) is 25.7 Å². The lowest BCUT2D eigenvalue weighted by atomic mass is 10.0. The highest BCUT2D eigenvalue weighted by Gasteiger charge is 2.30. The molecule has 2 unspecified atom stereocenters. The summed E-state index contributed by atoms with van der Waals surface area (Å²) in [5, 5.41) is 10.6. The van der Waals surface area contributed by atoms with E-state index < -0.39 is 97.5 Å². The molecule has 0 radical (unpaired) electrons. The van der Waals surface area contributed by atoms with E-state index in [0.29, 0.717) is 25.7 Å². The Morgan fingerprint density at radius 2 is 0.495 bits per heavy atom. The van der Waals surface area contributed by atoms with E-state index in [1.165, 1.54) is 186 Å². The zero-order valence-corrected chi connectivity index (χ0v) is 62.5. The van der Waals surface area contributed by atoms with Crippen molar-refractivity contribution in [2.24, 2.45) is 17.8 Å². The summed E-state index contributed by atoms with van der Waals surface area (Å²) in [5.74, 6) is 0.164. The number of hydrogen-bond acceptors (Lipinski definition) is 15. The van der Waals surface area contributed by atoms with Crippen LogP contribution in [0.1, 0.15) is 376 Å². The molecule has 0 amide bonds. The van der Waals surface area contributed by atoms with E-state index in [2.05, 4.69) is 48.5 Å². The van der Waals surface area contributed by atoms with Gasteiger partial charge in [-0.15, -0.1) is 0 Å². The number of phosphoric acid groups is 2. The van der Waals surface area contributed by atoms with E-state index in [9.17, 15) is 43.2 Å². The third-order valence-electron chi connectivity index (χ3n) is 17.1. The summed E-state index contributed by atoms with van der Waals surface area (Å²) in [5.41, 5.74) is 0. The Morgan fingerprint density at radius 3 is 0.731 bits per heavy atom. The van der Waals surface area contributed by atoms with Crippen LogP contribution in [0.5, 0.6) is 0 Å². The second kappa shape index (κ2) is 64.7. The van der Waals surface area contributed by atoms with Gasteiger partial charge in [0.2, 0.25) is 0 Å². The third-order valence-corrected chi connectivity index (χ3v) is 19.0. The number of phosphoric ester groups is 2. The van der Waals surface area contributed by atoms with Crippen molar-refractivity contribution >= 4 is 39.5 Å². The lowest BCUT2D eigenvalue weighted by Gasteiger charge is -2.21. The van der Waals surface area contributed by atoms with E-state index in [1.807, 2.05) is 0 Å². The molecule has 0 saturated heterocycles. The van der Waals surface area contributed by atoms with E-state index >= 15 is 0 Å². The second-order valence-corrected chi connectivity index (χ2v) is 31.0. The minimum atomic E-state index is -4.96. The predicted molar refractivity (Wildman–Crippen MR) is 377 cm³/mol. The molecule has 0 aliphatic carbocycles. The maximum Gasteiger partial charge on any atom is 0.472 e. The number of carbonyl (C=O) groups is 4. The molecule has 0 fully saturated rings. The van der Waals surface area contributed by atoms with Gasteiger partial charge in [0.25, 0.3) is 0 Å². The van der Waals surface area contributed by atoms with Crippen LogP contribution in [0.15, 0.2) is 0 Å². The SMILES string of the molecule is CCCCCCCCCCCCCC(=O)OC[C@H](COP(=O)(O)OC[C@H](O)COP(=O)(O)OC[C@@H](COC(=O)CCCCCCCCCCCCCC(C)C)OC(=O)CCCCCCCCCCCCCCCCC(C)C)OC(=O)CCCCCCCCCCC(C)C. The van der Waals surface area contributed by atoms with Crippen LogP contribution in [0, 0.1) is 17.8 Å². The summed E-state index contributed by atoms with van der Waals surface area (Å²) >= 11 is 0. The van der Waals surface area contributed by atoms with Crippen LogP contribution in [0.25, 0.3) is 0 Å². The minimum absolute atomic E-state index is 0.105. The first-order chi connectivity index (χ1) is 44.7. The van der Waals surface area contributed by atoms with Crippen molar-refractivity contribution in [3.8, 4) is 0 Å². The van der Waals surface area contributed by atoms with Gasteiger partial charge < -0.3 is 33.8 Å². The van der Waals surface area contributed by atoms with Gasteiger partial charge in [-0.25, -0.2) is 9.13 Å². The fraction of sp³-hybridized carbons (Fsp3) is 0.946. The first-order valence-electron chi connectivity index (χ1n) is 38.3. The first kappa shape index (κ1) is 91.1. The smallest absolute Gasteiger partial charge is 0.462 e. The monoisotopic (exact) mass is 1370 g/mol. The molecule has 0 aliphatic heterocycles. The van der Waals surface area contributed by atoms with Crippen LogP contribution >= 0.6 is 15.6 Å². The molecule has 0 aliphatic rings. The van der Waals surface area contributed by atoms with E-state index in [0.717, 1.165) is 108 Å². The molecule has 0 aromatic carbocycles. The predicted octanol–water partition coefficient (Wildman–Crippen LogP) is 21.4. The molecule has 0 bridgehead atoms. The largest absolute Gasteiger partial charge is 0.472 e. The molecule has 0 aromatic heterocycles. The van der Waals surface area contributed by atoms with Gasteiger partial charge in [0.15, 0.2) is 12.2 Å². The van der Waals surface area contributed by atoms with E-state index in [-0.39, 0.29) is 25.7 Å². The molecule has 0 aromatic rings. The van der Waals surface area contributed by atoms with Crippen molar-refractivity contribution < 1.29 is 80.2 Å². The Kier molecular flexibility index (Phi) is 63.4. The first-order valence-corrected chi connectivity index (χ1v) is 41.3. The Balaban J connectivity index is 5.25. The summed E-state index contributed by atoms with van der Waals surface area (Å²) in [6.45, 7) is 11.9. The number of hydrogen-bond donors (Lipinski definition) is 3. The molecule has 17 nitrogen and oxygen atoms in total. The van der Waals surface area contributed by atoms with Gasteiger partial charge in [-0.05, 0) is 43.4 Å². The number of aliphatic hydroxyl groups excluding tert-OH is 1. The molecule has 19 heteroatoms. The number of esters is 4. The quantitative estimate of drug-likeness (QED) is 0.0222. The zero-order valence-electron chi connectivity index (χ0n) is 60.7. The topological polar surface area (TPSA) is 237 Å². The molecule has 93 heavy (non-hydrogen) atoms. The van der Waals surface area contributed by atoms with Gasteiger partial charge in [0.1, 0.15) is 19.3 Å². The van der Waals surface area contributed by atoms with Gasteiger partial charge in [0.05, 0.1) is 26.4 Å². The molecule has 0 saturated carbocycles. The lowest BCUT2D eigenvalue weighted by Crippen LogP contribution is -2.30. The van der Waals surface area contributed by atoms with Gasteiger partial charge in [-0.2, -0.15) is 0 Å². The van der Waals surface area contributed by atoms with Crippen LogP contribution in [0.4, 0.5) is 0 Å². The lowest BCUT2D eigenvalue weighted by molar-refractivity contribution is -0.161. The fourth-order valence-corrected chi connectivity index (χ4v) is 12.8. The maximum absolute atomic E-state index is 13.1. The average Bonchev–Trinajstić information content (AvgIpc) is 1.95. The molecule has 3 N–H and O–H groups in total.